The monoisotopic (exact) mass is 846 g/mol. The molecule has 300 valence electrons. The Morgan fingerprint density at radius 1 is 0.297 bits per heavy atom. The highest BCUT2D eigenvalue weighted by molar-refractivity contribution is 7.25. The first-order valence-corrected chi connectivity index (χ1v) is 25.2. The predicted octanol–water partition coefficient (Wildman–Crippen LogP) is 13.4. The van der Waals surface area contributed by atoms with Crippen molar-refractivity contribution < 1.29 is 0 Å². The molecule has 0 N–H and O–H groups in total. The maximum Gasteiger partial charge on any atom is 0.179 e. The van der Waals surface area contributed by atoms with Gasteiger partial charge in [-0.25, -0.2) is 0 Å². The van der Waals surface area contributed by atoms with E-state index < -0.39 is 8.07 Å². The first-order valence-electron chi connectivity index (χ1n) is 22.4. The quantitative estimate of drug-likeness (QED) is 0.111. The fourth-order valence-corrected chi connectivity index (χ4v) is 17.7. The van der Waals surface area contributed by atoms with Crippen molar-refractivity contribution in [3.8, 4) is 33.4 Å². The molecule has 1 heterocycles. The molecule has 2 unspecified atom stereocenters. The van der Waals surface area contributed by atoms with E-state index in [-0.39, 0.29) is 11.8 Å². The van der Waals surface area contributed by atoms with Gasteiger partial charge in [0.15, 0.2) is 8.07 Å². The van der Waals surface area contributed by atoms with Gasteiger partial charge in [-0.3, -0.25) is 0 Å². The number of hydrogen-bond acceptors (Lipinski definition) is 1. The second-order valence-electron chi connectivity index (χ2n) is 17.4. The standard InChI is InChI=1S/C62H42SSi/c1-5-19-41(20-6-1)44-37-45(42-21-7-2-8-22-42)39-48(38-44)64(46-23-9-3-10-24-46,47-25-11-4-12-26-47)58-34-18-32-54-59-51-28-13-14-29-52(51)62(61(54)58)60-49(30-17-31-53(59)60)43-35-36-57-55(40-43)50-27-15-16-33-56(50)63-57/h1-40,59,62H. The van der Waals surface area contributed by atoms with E-state index in [1.807, 2.05) is 11.3 Å². The van der Waals surface area contributed by atoms with Gasteiger partial charge in [0, 0.05) is 32.0 Å². The number of thiophene rings is 1. The SMILES string of the molecule is c1ccc(-c2cc(-c3ccccc3)cc([Si](c3ccccc3)(c3ccccc3)c3cccc4c3C3c5ccccc5C4c4cccc(-c5ccc6sc7ccccc7c6c5)c43)c2)cc1. The van der Waals surface area contributed by atoms with Crippen molar-refractivity contribution in [2.75, 3.05) is 0 Å². The second-order valence-corrected chi connectivity index (χ2v) is 22.3. The maximum absolute atomic E-state index is 3.14. The van der Waals surface area contributed by atoms with Crippen LogP contribution in [0.2, 0.25) is 0 Å². The predicted molar refractivity (Wildman–Crippen MR) is 274 cm³/mol. The highest BCUT2D eigenvalue weighted by Gasteiger charge is 2.50. The topological polar surface area (TPSA) is 0 Å². The van der Waals surface area contributed by atoms with E-state index in [1.165, 1.54) is 108 Å². The molecule has 0 saturated heterocycles. The minimum absolute atomic E-state index is 0.0405. The third-order valence-corrected chi connectivity index (χ3v) is 20.1. The molecule has 0 saturated carbocycles. The van der Waals surface area contributed by atoms with Crippen LogP contribution in [0.5, 0.6) is 0 Å². The van der Waals surface area contributed by atoms with Crippen LogP contribution in [0.25, 0.3) is 53.6 Å². The van der Waals surface area contributed by atoms with Gasteiger partial charge in [0.1, 0.15) is 0 Å². The fourth-order valence-electron chi connectivity index (χ4n) is 11.6. The Kier molecular flexibility index (Phi) is 8.65. The zero-order chi connectivity index (χ0) is 42.2. The minimum atomic E-state index is -3.14. The first-order chi connectivity index (χ1) is 31.8. The number of rotatable bonds is 7. The summed E-state index contributed by atoms with van der Waals surface area (Å²) in [5.74, 6) is 0.157. The van der Waals surface area contributed by atoms with Crippen LogP contribution < -0.4 is 20.7 Å². The highest BCUT2D eigenvalue weighted by atomic mass is 32.1. The summed E-state index contributed by atoms with van der Waals surface area (Å²) in [6.07, 6.45) is 0. The average Bonchev–Trinajstić information content (AvgIpc) is 3.75. The molecule has 0 radical (unpaired) electrons. The molecule has 0 nitrogen and oxygen atoms in total. The van der Waals surface area contributed by atoms with Crippen LogP contribution >= 0.6 is 11.3 Å². The highest BCUT2D eigenvalue weighted by Crippen LogP contribution is 2.57. The third-order valence-electron chi connectivity index (χ3n) is 14.2. The van der Waals surface area contributed by atoms with E-state index in [1.54, 1.807) is 0 Å². The Labute approximate surface area is 379 Å². The van der Waals surface area contributed by atoms with Gasteiger partial charge >= 0.3 is 0 Å². The summed E-state index contributed by atoms with van der Waals surface area (Å²) in [6.45, 7) is 0. The molecule has 3 aliphatic carbocycles. The van der Waals surface area contributed by atoms with E-state index in [2.05, 4.69) is 243 Å². The summed E-state index contributed by atoms with van der Waals surface area (Å²) in [5.41, 5.74) is 16.2. The zero-order valence-electron chi connectivity index (χ0n) is 35.2. The van der Waals surface area contributed by atoms with Crippen molar-refractivity contribution in [2.45, 2.75) is 11.8 Å². The van der Waals surface area contributed by atoms with Crippen LogP contribution in [0.3, 0.4) is 0 Å². The Balaban J connectivity index is 1.14. The minimum Gasteiger partial charge on any atom is -0.135 e. The van der Waals surface area contributed by atoms with Gasteiger partial charge < -0.3 is 0 Å². The largest absolute Gasteiger partial charge is 0.179 e. The number of fused-ring (bicyclic) bond motifs is 3. The number of hydrogen-bond donors (Lipinski definition) is 0. The summed E-state index contributed by atoms with van der Waals surface area (Å²) in [7, 11) is -3.14. The van der Waals surface area contributed by atoms with Crippen molar-refractivity contribution in [3.05, 3.63) is 276 Å². The van der Waals surface area contributed by atoms with E-state index in [0.29, 0.717) is 0 Å². The van der Waals surface area contributed by atoms with E-state index in [4.69, 9.17) is 0 Å². The summed E-state index contributed by atoms with van der Waals surface area (Å²) in [6, 6.07) is 92.4. The zero-order valence-corrected chi connectivity index (χ0v) is 37.0. The Morgan fingerprint density at radius 3 is 1.47 bits per heavy atom. The van der Waals surface area contributed by atoms with Crippen LogP contribution in [0.4, 0.5) is 0 Å². The van der Waals surface area contributed by atoms with Gasteiger partial charge in [-0.05, 0) is 112 Å². The second kappa shape index (κ2) is 14.9. The summed E-state index contributed by atoms with van der Waals surface area (Å²) >= 11 is 1.89. The Morgan fingerprint density at radius 2 is 0.812 bits per heavy atom. The van der Waals surface area contributed by atoms with Crippen LogP contribution in [0, 0.1) is 0 Å². The molecule has 3 aliphatic rings. The lowest BCUT2D eigenvalue weighted by Gasteiger charge is -2.47. The molecule has 14 rings (SSSR count). The van der Waals surface area contributed by atoms with Crippen molar-refractivity contribution >= 4 is 60.3 Å². The van der Waals surface area contributed by atoms with Crippen LogP contribution in [0.1, 0.15) is 45.2 Å². The molecule has 11 aromatic rings. The van der Waals surface area contributed by atoms with Crippen molar-refractivity contribution in [2.24, 2.45) is 0 Å². The number of benzene rings is 10. The molecule has 0 aliphatic heterocycles. The van der Waals surface area contributed by atoms with Gasteiger partial charge in [0.25, 0.3) is 0 Å². The lowest BCUT2D eigenvalue weighted by atomic mass is 9.60. The van der Waals surface area contributed by atoms with E-state index >= 15 is 0 Å². The molecule has 2 heteroatoms. The summed E-state index contributed by atoms with van der Waals surface area (Å²) < 4.78 is 2.68. The summed E-state index contributed by atoms with van der Waals surface area (Å²) in [4.78, 5) is 0. The molecule has 2 bridgehead atoms. The molecular weight excluding hydrogens is 805 g/mol. The lowest BCUT2D eigenvalue weighted by molar-refractivity contribution is 0.760. The molecule has 10 aromatic carbocycles. The molecule has 64 heavy (non-hydrogen) atoms. The summed E-state index contributed by atoms with van der Waals surface area (Å²) in [5, 5.41) is 8.30. The van der Waals surface area contributed by atoms with Crippen molar-refractivity contribution in [3.63, 3.8) is 0 Å². The van der Waals surface area contributed by atoms with Gasteiger partial charge in [-0.15, -0.1) is 11.3 Å². The van der Waals surface area contributed by atoms with E-state index in [0.717, 1.165) is 0 Å². The van der Waals surface area contributed by atoms with Gasteiger partial charge in [0.2, 0.25) is 0 Å². The maximum atomic E-state index is 2.54. The first kappa shape index (κ1) is 37.2. The Hall–Kier alpha value is -7.36. The van der Waals surface area contributed by atoms with Crippen LogP contribution in [0.15, 0.2) is 243 Å². The Bertz CT molecular complexity index is 3460. The molecule has 0 spiro atoms. The molecule has 2 atom stereocenters. The van der Waals surface area contributed by atoms with Crippen LogP contribution in [-0.4, -0.2) is 8.07 Å². The fraction of sp³-hybridized carbons (Fsp3) is 0.0323. The normalized spacial score (nSPS) is 14.9. The van der Waals surface area contributed by atoms with Gasteiger partial charge in [-0.2, -0.15) is 0 Å². The smallest absolute Gasteiger partial charge is 0.135 e. The average molecular weight is 847 g/mol. The van der Waals surface area contributed by atoms with Crippen LogP contribution in [-0.2, 0) is 0 Å². The lowest BCUT2D eigenvalue weighted by Crippen LogP contribution is -2.75. The van der Waals surface area contributed by atoms with Gasteiger partial charge in [-0.1, -0.05) is 218 Å². The van der Waals surface area contributed by atoms with Gasteiger partial charge in [0.05, 0.1) is 0 Å². The molecule has 0 amide bonds. The van der Waals surface area contributed by atoms with Crippen molar-refractivity contribution in [1.82, 2.24) is 0 Å². The van der Waals surface area contributed by atoms with E-state index in [9.17, 15) is 0 Å². The third kappa shape index (κ3) is 5.59. The van der Waals surface area contributed by atoms with Crippen molar-refractivity contribution in [1.29, 1.82) is 0 Å². The molecular formula is C62H42SSi. The molecule has 1 aromatic heterocycles. The molecule has 0 fully saturated rings.